The van der Waals surface area contributed by atoms with E-state index in [0.717, 1.165) is 17.1 Å². The maximum atomic E-state index is 5.69. The van der Waals surface area contributed by atoms with E-state index >= 15 is 0 Å². The molecule has 0 aromatic heterocycles. The molecule has 0 aliphatic rings. The van der Waals surface area contributed by atoms with E-state index in [0.29, 0.717) is 0 Å². The van der Waals surface area contributed by atoms with Gasteiger partial charge in [0.15, 0.2) is 0 Å². The first-order valence-corrected chi connectivity index (χ1v) is 10.6. The summed E-state index contributed by atoms with van der Waals surface area (Å²) in [5.74, 6) is 0.912. The second-order valence-electron chi connectivity index (χ2n) is 5.45. The topological polar surface area (TPSA) is 9.23 Å². The molecule has 2 aromatic rings. The van der Waals surface area contributed by atoms with Gasteiger partial charge in [0.1, 0.15) is 5.75 Å². The van der Waals surface area contributed by atoms with Gasteiger partial charge < -0.3 is 4.18 Å². The molecule has 0 fully saturated rings. The number of hydrogen-bond donors (Lipinski definition) is 0. The van der Waals surface area contributed by atoms with Gasteiger partial charge in [0.05, 0.1) is 12.0 Å². The predicted molar refractivity (Wildman–Crippen MR) is 126 cm³/mol. The van der Waals surface area contributed by atoms with E-state index in [4.69, 9.17) is 4.18 Å². The molecule has 2 rings (SSSR count). The van der Waals surface area contributed by atoms with Crippen molar-refractivity contribution in [3.8, 4) is 5.75 Å². The van der Waals surface area contributed by atoms with Gasteiger partial charge in [0.25, 0.3) is 0 Å². The van der Waals surface area contributed by atoms with E-state index in [1.165, 1.54) is 29.6 Å². The van der Waals surface area contributed by atoms with Crippen LogP contribution in [0, 0.1) is 6.92 Å². The average molecular weight is 387 g/mol. The first-order chi connectivity index (χ1) is 13.1. The third kappa shape index (κ3) is 16.0. The van der Waals surface area contributed by atoms with Crippen molar-refractivity contribution < 1.29 is 4.18 Å². The second-order valence-corrected chi connectivity index (χ2v) is 6.25. The monoisotopic (exact) mass is 386 g/mol. The van der Waals surface area contributed by atoms with Crippen LogP contribution in [-0.4, -0.2) is 0 Å². The molecule has 0 amide bonds. The number of allylic oxidation sites excluding steroid dienone is 3. The summed E-state index contributed by atoms with van der Waals surface area (Å²) in [7, 11) is 0. The number of hydrogen-bond acceptors (Lipinski definition) is 2. The van der Waals surface area contributed by atoms with Gasteiger partial charge in [-0.3, -0.25) is 0 Å². The Hall–Kier alpha value is -1.93. The van der Waals surface area contributed by atoms with Crippen molar-refractivity contribution in [2.45, 2.75) is 66.2 Å². The lowest BCUT2D eigenvalue weighted by Gasteiger charge is -2.05. The number of rotatable bonds is 5. The molecule has 0 unspecified atom stereocenters. The van der Waals surface area contributed by atoms with Crippen molar-refractivity contribution in [3.05, 3.63) is 84.5 Å². The van der Waals surface area contributed by atoms with Crippen molar-refractivity contribution in [2.75, 3.05) is 0 Å². The molecule has 0 spiro atoms. The molecule has 0 aliphatic carbocycles. The molecule has 27 heavy (non-hydrogen) atoms. The van der Waals surface area contributed by atoms with E-state index in [-0.39, 0.29) is 0 Å². The highest BCUT2D eigenvalue weighted by Crippen LogP contribution is 2.24. The summed E-state index contributed by atoms with van der Waals surface area (Å²) in [6.07, 6.45) is 7.86. The van der Waals surface area contributed by atoms with E-state index < -0.39 is 0 Å². The summed E-state index contributed by atoms with van der Waals surface area (Å²) in [5.41, 5.74) is 2.56. The largest absolute Gasteiger partial charge is 0.421 e. The van der Waals surface area contributed by atoms with Gasteiger partial charge in [-0.15, -0.1) is 0 Å². The Balaban J connectivity index is 0. The molecular formula is C25H38OS. The van der Waals surface area contributed by atoms with Crippen LogP contribution in [0.3, 0.4) is 0 Å². The van der Waals surface area contributed by atoms with Gasteiger partial charge in [0, 0.05) is 4.90 Å². The molecule has 1 nitrogen and oxygen atoms in total. The summed E-state index contributed by atoms with van der Waals surface area (Å²) >= 11 is 1.40. The van der Waals surface area contributed by atoms with Gasteiger partial charge in [-0.1, -0.05) is 95.7 Å². The predicted octanol–water partition coefficient (Wildman–Crippen LogP) is 8.83. The van der Waals surface area contributed by atoms with Gasteiger partial charge in [0.2, 0.25) is 0 Å². The Bertz CT molecular complexity index is 600. The van der Waals surface area contributed by atoms with E-state index in [1.54, 1.807) is 6.08 Å². The quantitative estimate of drug-likeness (QED) is 0.375. The minimum absolute atomic E-state index is 0.912. The van der Waals surface area contributed by atoms with Crippen LogP contribution in [0.2, 0.25) is 0 Å². The fourth-order valence-electron chi connectivity index (χ4n) is 1.64. The molecule has 0 aliphatic heterocycles. The van der Waals surface area contributed by atoms with Gasteiger partial charge in [-0.2, -0.15) is 0 Å². The summed E-state index contributed by atoms with van der Waals surface area (Å²) in [4.78, 5) is 1.12. The number of aryl methyl sites for hydroxylation is 2. The highest BCUT2D eigenvalue weighted by molar-refractivity contribution is 7.95. The highest BCUT2D eigenvalue weighted by atomic mass is 32.2. The molecule has 0 saturated carbocycles. The van der Waals surface area contributed by atoms with Crippen LogP contribution >= 0.6 is 12.0 Å². The van der Waals surface area contributed by atoms with Crippen molar-refractivity contribution >= 4 is 12.0 Å². The Morgan fingerprint density at radius 3 is 2.04 bits per heavy atom. The van der Waals surface area contributed by atoms with Crippen LogP contribution in [0.4, 0.5) is 0 Å². The molecule has 0 heterocycles. The smallest absolute Gasteiger partial charge is 0.138 e. The Morgan fingerprint density at radius 1 is 1.00 bits per heavy atom. The fourth-order valence-corrected chi connectivity index (χ4v) is 2.19. The molecule has 150 valence electrons. The molecule has 0 bridgehead atoms. The lowest BCUT2D eigenvalue weighted by atomic mass is 10.2. The second kappa shape index (κ2) is 20.4. The Morgan fingerprint density at radius 2 is 1.59 bits per heavy atom. The fraction of sp³-hybridized carbons (Fsp3) is 0.360. The van der Waals surface area contributed by atoms with Gasteiger partial charge in [-0.25, -0.2) is 0 Å². The summed E-state index contributed by atoms with van der Waals surface area (Å²) in [6, 6.07) is 16.5. The van der Waals surface area contributed by atoms with E-state index in [2.05, 4.69) is 70.7 Å². The third-order valence-corrected chi connectivity index (χ3v) is 3.63. The molecule has 0 saturated heterocycles. The van der Waals surface area contributed by atoms with Crippen molar-refractivity contribution in [1.82, 2.24) is 0 Å². The molecule has 0 atom stereocenters. The van der Waals surface area contributed by atoms with E-state index in [1.807, 2.05) is 45.1 Å². The summed E-state index contributed by atoms with van der Waals surface area (Å²) in [5, 5.41) is 0. The van der Waals surface area contributed by atoms with Crippen LogP contribution in [-0.2, 0) is 6.42 Å². The van der Waals surface area contributed by atoms with Crippen molar-refractivity contribution in [3.63, 3.8) is 0 Å². The van der Waals surface area contributed by atoms with Crippen LogP contribution < -0.4 is 4.18 Å². The molecular weight excluding hydrogens is 348 g/mol. The average Bonchev–Trinajstić information content (AvgIpc) is 2.71. The van der Waals surface area contributed by atoms with Crippen molar-refractivity contribution in [1.29, 1.82) is 0 Å². The minimum Gasteiger partial charge on any atom is -0.421 e. The van der Waals surface area contributed by atoms with Crippen LogP contribution in [0.15, 0.2) is 78.2 Å². The summed E-state index contributed by atoms with van der Waals surface area (Å²) < 4.78 is 5.69. The molecule has 0 radical (unpaired) electrons. The van der Waals surface area contributed by atoms with Gasteiger partial charge >= 0.3 is 0 Å². The number of benzene rings is 2. The van der Waals surface area contributed by atoms with Crippen LogP contribution in [0.25, 0.3) is 0 Å². The minimum atomic E-state index is 0.912. The lowest BCUT2D eigenvalue weighted by Crippen LogP contribution is -1.84. The van der Waals surface area contributed by atoms with Crippen LogP contribution in [0.1, 0.15) is 59.1 Å². The third-order valence-electron chi connectivity index (χ3n) is 2.89. The zero-order valence-electron chi connectivity index (χ0n) is 18.3. The first kappa shape index (κ1) is 27.3. The SMILES string of the molecule is C=C/C=C\C.CC.CCC.CCc1cccc(OSc2ccc(C)cc2)c1. The van der Waals surface area contributed by atoms with Crippen molar-refractivity contribution in [2.24, 2.45) is 0 Å². The highest BCUT2D eigenvalue weighted by Gasteiger charge is 1.98. The molecule has 0 N–H and O–H groups in total. The maximum absolute atomic E-state index is 5.69. The zero-order valence-corrected chi connectivity index (χ0v) is 19.1. The zero-order chi connectivity index (χ0) is 20.9. The lowest BCUT2D eigenvalue weighted by molar-refractivity contribution is 0.644. The van der Waals surface area contributed by atoms with Gasteiger partial charge in [-0.05, 0) is 50.1 Å². The normalized spacial score (nSPS) is 9.00. The summed E-state index contributed by atoms with van der Waals surface area (Å²) in [6.45, 7) is 17.9. The Labute approximate surface area is 172 Å². The standard InChI is InChI=1S/C15H16OS.C5H8.C3H8.C2H6/c1-3-13-5-4-6-14(11-13)16-17-15-9-7-12(2)8-10-15;1-3-5-4-2;1-3-2;1-2/h4-11H,3H2,1-2H3;3-5H,1H2,2H3;3H2,1-2H3;1-2H3/b;5-4-;;. The maximum Gasteiger partial charge on any atom is 0.138 e. The molecule has 2 aromatic carbocycles. The van der Waals surface area contributed by atoms with E-state index in [9.17, 15) is 0 Å². The Kier molecular flexibility index (Phi) is 20.6. The first-order valence-electron chi connectivity index (χ1n) is 9.84. The molecule has 2 heteroatoms. The van der Waals surface area contributed by atoms with Crippen LogP contribution in [0.5, 0.6) is 5.75 Å².